The molecule has 0 aromatic carbocycles. The molecule has 6 nitrogen and oxygen atoms in total. The fourth-order valence-corrected chi connectivity index (χ4v) is 4.47. The van der Waals surface area contributed by atoms with Gasteiger partial charge in [0.25, 0.3) is 5.56 Å². The van der Waals surface area contributed by atoms with E-state index in [2.05, 4.69) is 20.3 Å². The molecule has 2 aliphatic rings. The van der Waals surface area contributed by atoms with Gasteiger partial charge in [-0.15, -0.1) is 0 Å². The smallest absolute Gasteiger partial charge is 0.275 e. The Labute approximate surface area is 126 Å². The van der Waals surface area contributed by atoms with Crippen LogP contribution in [0.2, 0.25) is 0 Å². The van der Waals surface area contributed by atoms with Crippen molar-refractivity contribution in [3.63, 3.8) is 0 Å². The van der Waals surface area contributed by atoms with Gasteiger partial charge in [0, 0.05) is 30.9 Å². The molecular weight excluding hydrogens is 286 g/mol. The van der Waals surface area contributed by atoms with E-state index >= 15 is 0 Å². The molecule has 2 atom stereocenters. The number of hydrogen-bond acceptors (Lipinski definition) is 6. The lowest BCUT2D eigenvalue weighted by Crippen LogP contribution is -2.40. The van der Waals surface area contributed by atoms with Crippen LogP contribution in [0.4, 0.5) is 0 Å². The molecule has 4 heterocycles. The topological polar surface area (TPSA) is 62.5 Å². The lowest BCUT2D eigenvalue weighted by molar-refractivity contribution is 0.311. The van der Waals surface area contributed by atoms with E-state index in [9.17, 15) is 4.79 Å². The molecule has 0 bridgehead atoms. The van der Waals surface area contributed by atoms with E-state index in [1.807, 2.05) is 6.92 Å². The second kappa shape index (κ2) is 5.15. The van der Waals surface area contributed by atoms with E-state index in [0.29, 0.717) is 11.0 Å². The predicted octanol–water partition coefficient (Wildman–Crippen LogP) is 0.643. The van der Waals surface area contributed by atoms with Crippen LogP contribution in [-0.2, 0) is 6.54 Å². The molecule has 0 unspecified atom stereocenters. The molecule has 0 spiro atoms. The first-order valence-electron chi connectivity index (χ1n) is 7.51. The third-order valence-corrected chi connectivity index (χ3v) is 5.34. The van der Waals surface area contributed by atoms with Crippen LogP contribution < -0.4 is 10.9 Å². The summed E-state index contributed by atoms with van der Waals surface area (Å²) >= 11 is 1.52. The third-order valence-electron chi connectivity index (χ3n) is 4.45. The number of rotatable bonds is 2. The van der Waals surface area contributed by atoms with E-state index in [0.717, 1.165) is 42.8 Å². The molecule has 2 fully saturated rings. The summed E-state index contributed by atoms with van der Waals surface area (Å²) in [4.78, 5) is 19.4. The maximum absolute atomic E-state index is 11.9. The van der Waals surface area contributed by atoms with Crippen molar-refractivity contribution >= 4 is 16.3 Å². The first-order chi connectivity index (χ1) is 10.2. The molecule has 1 N–H and O–H groups in total. The molecule has 0 saturated carbocycles. The molecule has 0 aliphatic carbocycles. The van der Waals surface area contributed by atoms with Crippen molar-refractivity contribution in [2.75, 3.05) is 19.6 Å². The van der Waals surface area contributed by atoms with Crippen molar-refractivity contribution in [1.29, 1.82) is 0 Å². The van der Waals surface area contributed by atoms with E-state index in [-0.39, 0.29) is 5.56 Å². The molecule has 2 aromatic heterocycles. The number of nitrogens with zero attached hydrogens (tertiary/aromatic N) is 4. The quantitative estimate of drug-likeness (QED) is 0.882. The van der Waals surface area contributed by atoms with Gasteiger partial charge in [0.2, 0.25) is 4.96 Å². The Morgan fingerprint density at radius 2 is 2.38 bits per heavy atom. The van der Waals surface area contributed by atoms with E-state index in [4.69, 9.17) is 0 Å². The van der Waals surface area contributed by atoms with Crippen LogP contribution >= 0.6 is 11.3 Å². The minimum atomic E-state index is -0.0863. The van der Waals surface area contributed by atoms with Crippen LogP contribution in [0.25, 0.3) is 4.96 Å². The van der Waals surface area contributed by atoms with Gasteiger partial charge in [0.15, 0.2) is 0 Å². The number of likely N-dealkylation sites (tertiary alicyclic amines) is 1. The zero-order valence-electron chi connectivity index (χ0n) is 12.1. The van der Waals surface area contributed by atoms with Crippen molar-refractivity contribution in [3.8, 4) is 0 Å². The number of nitrogens with one attached hydrogen (secondary N) is 1. The van der Waals surface area contributed by atoms with Crippen LogP contribution in [0.3, 0.4) is 0 Å². The van der Waals surface area contributed by atoms with Crippen LogP contribution in [0.5, 0.6) is 0 Å². The average Bonchev–Trinajstić information content (AvgIpc) is 3.01. The van der Waals surface area contributed by atoms with Gasteiger partial charge in [-0.25, -0.2) is 4.98 Å². The van der Waals surface area contributed by atoms with Gasteiger partial charge in [-0.3, -0.25) is 9.69 Å². The van der Waals surface area contributed by atoms with Crippen molar-refractivity contribution in [2.45, 2.75) is 32.4 Å². The highest BCUT2D eigenvalue weighted by molar-refractivity contribution is 7.16. The number of piperidine rings is 1. The highest BCUT2D eigenvalue weighted by Crippen LogP contribution is 2.26. The van der Waals surface area contributed by atoms with Crippen molar-refractivity contribution < 1.29 is 0 Å². The van der Waals surface area contributed by atoms with E-state index in [1.165, 1.54) is 34.8 Å². The van der Waals surface area contributed by atoms with Crippen LogP contribution in [-0.4, -0.2) is 45.2 Å². The highest BCUT2D eigenvalue weighted by atomic mass is 32.1. The van der Waals surface area contributed by atoms with Gasteiger partial charge in [-0.1, -0.05) is 11.3 Å². The fraction of sp³-hybridized carbons (Fsp3) is 0.643. The fourth-order valence-electron chi connectivity index (χ4n) is 3.48. The molecular formula is C14H19N5OS. The van der Waals surface area contributed by atoms with E-state index < -0.39 is 0 Å². The lowest BCUT2D eigenvalue weighted by Gasteiger charge is -2.24. The summed E-state index contributed by atoms with van der Waals surface area (Å²) in [5.41, 5.74) is 0.670. The molecule has 4 rings (SSSR count). The summed E-state index contributed by atoms with van der Waals surface area (Å²) in [5.74, 6) is 0.774. The van der Waals surface area contributed by atoms with Gasteiger partial charge >= 0.3 is 0 Å². The Kier molecular flexibility index (Phi) is 3.28. The van der Waals surface area contributed by atoms with Crippen molar-refractivity contribution in [3.05, 3.63) is 27.1 Å². The van der Waals surface area contributed by atoms with Crippen molar-refractivity contribution in [2.24, 2.45) is 5.92 Å². The zero-order valence-corrected chi connectivity index (χ0v) is 12.9. The molecule has 2 aliphatic heterocycles. The number of aryl methyl sites for hydroxylation is 1. The molecule has 112 valence electrons. The zero-order chi connectivity index (χ0) is 14.4. The Bertz CT molecular complexity index is 710. The van der Waals surface area contributed by atoms with Crippen LogP contribution in [0, 0.1) is 12.8 Å². The second-order valence-corrected chi connectivity index (χ2v) is 7.12. The predicted molar refractivity (Wildman–Crippen MR) is 81.7 cm³/mol. The molecule has 21 heavy (non-hydrogen) atoms. The molecule has 0 radical (unpaired) electrons. The first kappa shape index (κ1) is 13.4. The molecule has 2 saturated heterocycles. The molecule has 7 heteroatoms. The van der Waals surface area contributed by atoms with Gasteiger partial charge in [0.05, 0.1) is 6.54 Å². The lowest BCUT2D eigenvalue weighted by atomic mass is 9.94. The SMILES string of the molecule is Cc1cc(=O)n2nc(CN3C[C@@H]4CCCN[C@@H]4C3)sc2n1. The Morgan fingerprint density at radius 1 is 1.48 bits per heavy atom. The minimum Gasteiger partial charge on any atom is -0.312 e. The maximum Gasteiger partial charge on any atom is 0.275 e. The molecule has 0 amide bonds. The Balaban J connectivity index is 1.55. The standard InChI is InChI=1S/C14H19N5OS/c1-9-5-13(20)19-14(16-9)21-12(17-19)8-18-6-10-3-2-4-15-11(10)7-18/h5,10-11,15H,2-4,6-8H2,1H3/t10-,11+/m0/s1. The van der Waals surface area contributed by atoms with E-state index in [1.54, 1.807) is 0 Å². The normalized spacial score (nSPS) is 26.3. The third kappa shape index (κ3) is 2.49. The number of fused-ring (bicyclic) bond motifs is 2. The first-order valence-corrected chi connectivity index (χ1v) is 8.33. The Morgan fingerprint density at radius 3 is 3.24 bits per heavy atom. The van der Waals surface area contributed by atoms with Gasteiger partial charge in [0.1, 0.15) is 5.01 Å². The summed E-state index contributed by atoms with van der Waals surface area (Å²) in [6.07, 6.45) is 2.61. The summed E-state index contributed by atoms with van der Waals surface area (Å²) < 4.78 is 1.42. The van der Waals surface area contributed by atoms with Gasteiger partial charge < -0.3 is 5.32 Å². The van der Waals surface area contributed by atoms with Crippen LogP contribution in [0.1, 0.15) is 23.5 Å². The summed E-state index contributed by atoms with van der Waals surface area (Å²) in [6, 6.07) is 2.17. The van der Waals surface area contributed by atoms with Crippen molar-refractivity contribution in [1.82, 2.24) is 24.8 Å². The van der Waals surface area contributed by atoms with Crippen LogP contribution in [0.15, 0.2) is 10.9 Å². The second-order valence-electron chi connectivity index (χ2n) is 6.08. The summed E-state index contributed by atoms with van der Waals surface area (Å²) in [5, 5.41) is 9.02. The highest BCUT2D eigenvalue weighted by Gasteiger charge is 2.34. The summed E-state index contributed by atoms with van der Waals surface area (Å²) in [6.45, 7) is 6.03. The number of aromatic nitrogens is 3. The van der Waals surface area contributed by atoms with Gasteiger partial charge in [-0.05, 0) is 32.2 Å². The van der Waals surface area contributed by atoms with Gasteiger partial charge in [-0.2, -0.15) is 9.61 Å². The average molecular weight is 305 g/mol. The maximum atomic E-state index is 11.9. The number of hydrogen-bond donors (Lipinski definition) is 1. The minimum absolute atomic E-state index is 0.0863. The monoisotopic (exact) mass is 305 g/mol. The molecule has 2 aromatic rings. The Hall–Kier alpha value is -1.31. The largest absolute Gasteiger partial charge is 0.312 e. The summed E-state index contributed by atoms with van der Waals surface area (Å²) in [7, 11) is 0.